The van der Waals surface area contributed by atoms with Crippen LogP contribution in [0.25, 0.3) is 98.8 Å². The molecule has 0 spiro atoms. The van der Waals surface area contributed by atoms with E-state index < -0.39 is 0 Å². The molecule has 0 saturated carbocycles. The fourth-order valence-corrected chi connectivity index (χ4v) is 10.5. The minimum atomic E-state index is 0.783. The Morgan fingerprint density at radius 3 is 1.26 bits per heavy atom. The number of hydrogen-bond donors (Lipinski definition) is 0. The summed E-state index contributed by atoms with van der Waals surface area (Å²) in [7, 11) is 0. The van der Waals surface area contributed by atoms with Gasteiger partial charge in [-0.05, 0) is 88.3 Å². The van der Waals surface area contributed by atoms with E-state index in [9.17, 15) is 0 Å². The van der Waals surface area contributed by atoms with Crippen LogP contribution in [0.5, 0.6) is 0 Å². The van der Waals surface area contributed by atoms with Gasteiger partial charge in [0.05, 0.1) is 22.7 Å². The number of nitrogens with zero attached hydrogens (tertiary/aromatic N) is 2. The SMILES string of the molecule is c1ccc(-c2ccc(N(c3ccc4c(c3)oc3cc(N(c5ccc(-c6ccccc6)cc5)c5cccc6c5oc5ccccc56)c5ccccc5c34)c3cccc4c3oc3ccccc34)cc2)cc1. The molecule has 0 atom stereocenters. The molecule has 69 heavy (non-hydrogen) atoms. The van der Waals surface area contributed by atoms with Crippen molar-refractivity contribution < 1.29 is 13.3 Å². The van der Waals surface area contributed by atoms with E-state index in [4.69, 9.17) is 13.3 Å². The van der Waals surface area contributed by atoms with Gasteiger partial charge >= 0.3 is 0 Å². The zero-order valence-electron chi connectivity index (χ0n) is 37.2. The predicted molar refractivity (Wildman–Crippen MR) is 286 cm³/mol. The average molecular weight is 885 g/mol. The van der Waals surface area contributed by atoms with Crippen molar-refractivity contribution in [2.75, 3.05) is 9.80 Å². The molecule has 0 aliphatic rings. The third-order valence-corrected chi connectivity index (χ3v) is 13.7. The zero-order valence-corrected chi connectivity index (χ0v) is 37.2. The van der Waals surface area contributed by atoms with E-state index in [0.29, 0.717) is 0 Å². The summed E-state index contributed by atoms with van der Waals surface area (Å²) >= 11 is 0. The van der Waals surface area contributed by atoms with Crippen molar-refractivity contribution >= 4 is 111 Å². The van der Waals surface area contributed by atoms with E-state index in [0.717, 1.165) is 122 Å². The van der Waals surface area contributed by atoms with Gasteiger partial charge in [0.1, 0.15) is 22.3 Å². The molecule has 0 aliphatic carbocycles. The Hall–Kier alpha value is -9.32. The van der Waals surface area contributed by atoms with Gasteiger partial charge in [-0.3, -0.25) is 0 Å². The number of para-hydroxylation sites is 4. The van der Waals surface area contributed by atoms with Gasteiger partial charge in [0.25, 0.3) is 0 Å². The normalized spacial score (nSPS) is 11.8. The molecule has 3 aromatic heterocycles. The molecule has 3 heterocycles. The molecule has 0 amide bonds. The number of rotatable bonds is 8. The average Bonchev–Trinajstić information content (AvgIpc) is 4.12. The molecular weight excluding hydrogens is 845 g/mol. The van der Waals surface area contributed by atoms with E-state index in [1.54, 1.807) is 0 Å². The lowest BCUT2D eigenvalue weighted by Gasteiger charge is -2.27. The highest BCUT2D eigenvalue weighted by Gasteiger charge is 2.25. The largest absolute Gasteiger partial charge is 0.456 e. The van der Waals surface area contributed by atoms with Crippen LogP contribution in [0.2, 0.25) is 0 Å². The molecule has 0 bridgehead atoms. The molecule has 0 fully saturated rings. The summed E-state index contributed by atoms with van der Waals surface area (Å²) in [5.74, 6) is 0. The van der Waals surface area contributed by atoms with Crippen LogP contribution in [0.3, 0.4) is 0 Å². The van der Waals surface area contributed by atoms with Crippen LogP contribution in [-0.4, -0.2) is 0 Å². The Bertz CT molecular complexity index is 4240. The zero-order chi connectivity index (χ0) is 45.4. The molecule has 0 saturated heterocycles. The fraction of sp³-hybridized carbons (Fsp3) is 0. The molecule has 324 valence electrons. The van der Waals surface area contributed by atoms with Crippen molar-refractivity contribution in [1.82, 2.24) is 0 Å². The topological polar surface area (TPSA) is 45.9 Å². The summed E-state index contributed by atoms with van der Waals surface area (Å²) in [5, 5.41) is 8.59. The summed E-state index contributed by atoms with van der Waals surface area (Å²) < 4.78 is 20.6. The Balaban J connectivity index is 0.973. The fourth-order valence-electron chi connectivity index (χ4n) is 10.5. The molecule has 0 aliphatic heterocycles. The maximum atomic E-state index is 7.11. The number of furan rings is 3. The second-order valence-electron chi connectivity index (χ2n) is 17.6. The maximum Gasteiger partial charge on any atom is 0.159 e. The van der Waals surface area contributed by atoms with Crippen LogP contribution >= 0.6 is 0 Å². The van der Waals surface area contributed by atoms with E-state index in [2.05, 4.69) is 228 Å². The second kappa shape index (κ2) is 15.7. The van der Waals surface area contributed by atoms with Gasteiger partial charge in [-0.1, -0.05) is 170 Å². The molecule has 14 rings (SSSR count). The first kappa shape index (κ1) is 38.9. The van der Waals surface area contributed by atoms with Crippen LogP contribution in [-0.2, 0) is 0 Å². The first-order valence-corrected chi connectivity index (χ1v) is 23.3. The van der Waals surface area contributed by atoms with Gasteiger partial charge in [-0.2, -0.15) is 0 Å². The summed E-state index contributed by atoms with van der Waals surface area (Å²) in [6.45, 7) is 0. The summed E-state index contributed by atoms with van der Waals surface area (Å²) in [4.78, 5) is 4.61. The Kier molecular flexibility index (Phi) is 8.83. The predicted octanol–water partition coefficient (Wildman–Crippen LogP) is 18.8. The second-order valence-corrected chi connectivity index (χ2v) is 17.6. The lowest BCUT2D eigenvalue weighted by atomic mass is 9.99. The molecule has 11 aromatic carbocycles. The van der Waals surface area contributed by atoms with Crippen molar-refractivity contribution in [2.24, 2.45) is 0 Å². The standard InChI is InChI=1S/C64H40N2O3/c1-3-15-41(16-4-1)43-29-33-45(34-30-43)65(55-25-13-23-52-49-20-9-11-27-58(49)68-63(52)55)47-37-38-54-60(39-47)67-61-40-57(48-19-7-8-22-51(48)62(54)61)66(46-35-31-44(32-36-46)42-17-5-2-6-18-42)56-26-14-24-53-50-21-10-12-28-59(50)69-64(53)56/h1-40H. The van der Waals surface area contributed by atoms with Crippen LogP contribution < -0.4 is 9.80 Å². The van der Waals surface area contributed by atoms with E-state index in [1.165, 1.54) is 11.1 Å². The van der Waals surface area contributed by atoms with Gasteiger partial charge in [-0.15, -0.1) is 0 Å². The third-order valence-electron chi connectivity index (χ3n) is 13.7. The third kappa shape index (κ3) is 6.32. The van der Waals surface area contributed by atoms with Gasteiger partial charge < -0.3 is 23.1 Å². The van der Waals surface area contributed by atoms with E-state index >= 15 is 0 Å². The van der Waals surface area contributed by atoms with Crippen molar-refractivity contribution in [3.8, 4) is 22.3 Å². The highest BCUT2D eigenvalue weighted by atomic mass is 16.3. The molecule has 0 radical (unpaired) electrons. The van der Waals surface area contributed by atoms with Crippen LogP contribution in [0, 0.1) is 0 Å². The van der Waals surface area contributed by atoms with Gasteiger partial charge in [-0.25, -0.2) is 0 Å². The monoisotopic (exact) mass is 884 g/mol. The quantitative estimate of drug-likeness (QED) is 0.152. The number of hydrogen-bond acceptors (Lipinski definition) is 5. The van der Waals surface area contributed by atoms with Gasteiger partial charge in [0, 0.05) is 61.2 Å². The number of anilines is 6. The number of fused-ring (bicyclic) bond motifs is 11. The highest BCUT2D eigenvalue weighted by Crippen LogP contribution is 2.49. The smallest absolute Gasteiger partial charge is 0.159 e. The molecule has 0 unspecified atom stereocenters. The highest BCUT2D eigenvalue weighted by molar-refractivity contribution is 6.23. The lowest BCUT2D eigenvalue weighted by molar-refractivity contribution is 0.667. The lowest BCUT2D eigenvalue weighted by Crippen LogP contribution is -2.11. The van der Waals surface area contributed by atoms with E-state index in [1.807, 2.05) is 24.3 Å². The Labute approximate surface area is 396 Å². The molecule has 0 N–H and O–H groups in total. The van der Waals surface area contributed by atoms with Crippen molar-refractivity contribution in [3.05, 3.63) is 243 Å². The summed E-state index contributed by atoms with van der Waals surface area (Å²) in [5.41, 5.74) is 15.4. The number of benzene rings is 11. The Morgan fingerprint density at radius 1 is 0.232 bits per heavy atom. The molecule has 5 heteroatoms. The molecule has 5 nitrogen and oxygen atoms in total. The van der Waals surface area contributed by atoms with Crippen molar-refractivity contribution in [3.63, 3.8) is 0 Å². The molecule has 14 aromatic rings. The molecular formula is C64H40N2O3. The van der Waals surface area contributed by atoms with Gasteiger partial charge in [0.15, 0.2) is 11.2 Å². The minimum absolute atomic E-state index is 0.783. The first-order chi connectivity index (χ1) is 34.2. The summed E-state index contributed by atoms with van der Waals surface area (Å²) in [6, 6.07) is 85.4. The van der Waals surface area contributed by atoms with Crippen LogP contribution in [0.15, 0.2) is 256 Å². The Morgan fingerprint density at radius 2 is 0.681 bits per heavy atom. The van der Waals surface area contributed by atoms with Crippen LogP contribution in [0.4, 0.5) is 34.1 Å². The van der Waals surface area contributed by atoms with E-state index in [-0.39, 0.29) is 0 Å². The van der Waals surface area contributed by atoms with Crippen molar-refractivity contribution in [1.29, 1.82) is 0 Å². The first-order valence-electron chi connectivity index (χ1n) is 23.3. The minimum Gasteiger partial charge on any atom is -0.456 e. The summed E-state index contributed by atoms with van der Waals surface area (Å²) in [6.07, 6.45) is 0. The van der Waals surface area contributed by atoms with Crippen molar-refractivity contribution in [2.45, 2.75) is 0 Å². The van der Waals surface area contributed by atoms with Gasteiger partial charge in [0.2, 0.25) is 0 Å². The van der Waals surface area contributed by atoms with Crippen LogP contribution in [0.1, 0.15) is 0 Å². The maximum absolute atomic E-state index is 7.11.